The predicted molar refractivity (Wildman–Crippen MR) is 57.9 cm³/mol. The van der Waals surface area contributed by atoms with Gasteiger partial charge in [-0.15, -0.1) is 0 Å². The van der Waals surface area contributed by atoms with Crippen LogP contribution >= 0.6 is 11.6 Å². The van der Waals surface area contributed by atoms with Gasteiger partial charge in [0.1, 0.15) is 11.5 Å². The number of aromatic nitrogens is 2. The van der Waals surface area contributed by atoms with Crippen LogP contribution in [0, 0.1) is 11.6 Å². The molecule has 1 aromatic heterocycles. The molecule has 4 nitrogen and oxygen atoms in total. The fraction of sp³-hybridized carbons (Fsp3) is 0. The molecular formula is C10H6ClF2N3O. The summed E-state index contributed by atoms with van der Waals surface area (Å²) in [5.41, 5.74) is 5.61. The predicted octanol–water partition coefficient (Wildman–Crippen LogP) is 2.78. The second-order valence-electron chi connectivity index (χ2n) is 3.08. The summed E-state index contributed by atoms with van der Waals surface area (Å²) in [7, 11) is 0. The highest BCUT2D eigenvalue weighted by atomic mass is 35.5. The van der Waals surface area contributed by atoms with E-state index in [-0.39, 0.29) is 22.6 Å². The third kappa shape index (κ3) is 2.59. The molecule has 0 saturated carbocycles. The summed E-state index contributed by atoms with van der Waals surface area (Å²) in [5.74, 6) is -1.86. The van der Waals surface area contributed by atoms with E-state index in [2.05, 4.69) is 9.97 Å². The molecule has 0 atom stereocenters. The van der Waals surface area contributed by atoms with E-state index in [1.165, 1.54) is 6.20 Å². The lowest BCUT2D eigenvalue weighted by molar-refractivity contribution is 0.425. The van der Waals surface area contributed by atoms with Crippen LogP contribution in [-0.2, 0) is 0 Å². The molecule has 0 bridgehead atoms. The van der Waals surface area contributed by atoms with E-state index in [0.717, 1.165) is 12.1 Å². The largest absolute Gasteiger partial charge is 0.434 e. The highest BCUT2D eigenvalue weighted by Gasteiger charge is 2.10. The number of rotatable bonds is 2. The zero-order valence-electron chi connectivity index (χ0n) is 8.32. The number of anilines is 1. The third-order valence-electron chi connectivity index (χ3n) is 1.85. The Kier molecular flexibility index (Phi) is 3.06. The van der Waals surface area contributed by atoms with Crippen LogP contribution in [0.2, 0.25) is 5.28 Å². The van der Waals surface area contributed by atoms with Gasteiger partial charge >= 0.3 is 0 Å². The Bertz CT molecular complexity index is 565. The fourth-order valence-electron chi connectivity index (χ4n) is 1.10. The number of hydrogen-bond acceptors (Lipinski definition) is 4. The van der Waals surface area contributed by atoms with Crippen molar-refractivity contribution in [1.82, 2.24) is 9.97 Å². The van der Waals surface area contributed by atoms with Gasteiger partial charge in [0.2, 0.25) is 11.2 Å². The molecule has 0 spiro atoms. The summed E-state index contributed by atoms with van der Waals surface area (Å²) >= 11 is 5.54. The van der Waals surface area contributed by atoms with Gasteiger partial charge in [-0.1, -0.05) is 0 Å². The molecular weight excluding hydrogens is 252 g/mol. The number of ether oxygens (including phenoxy) is 1. The first kappa shape index (κ1) is 11.5. The Morgan fingerprint density at radius 2 is 2.06 bits per heavy atom. The average molecular weight is 258 g/mol. The summed E-state index contributed by atoms with van der Waals surface area (Å²) in [5, 5.41) is -0.0864. The second-order valence-corrected chi connectivity index (χ2v) is 3.41. The van der Waals surface area contributed by atoms with Gasteiger partial charge in [-0.2, -0.15) is 4.98 Å². The summed E-state index contributed by atoms with van der Waals surface area (Å²) in [6, 6.07) is 2.87. The van der Waals surface area contributed by atoms with Crippen molar-refractivity contribution >= 4 is 17.3 Å². The normalized spacial score (nSPS) is 10.3. The van der Waals surface area contributed by atoms with Gasteiger partial charge in [-0.3, -0.25) is 0 Å². The molecule has 0 aliphatic rings. The quantitative estimate of drug-likeness (QED) is 0.841. The molecule has 2 aromatic rings. The van der Waals surface area contributed by atoms with Gasteiger partial charge in [0, 0.05) is 6.07 Å². The van der Waals surface area contributed by atoms with Crippen molar-refractivity contribution in [1.29, 1.82) is 0 Å². The maximum Gasteiger partial charge on any atom is 0.247 e. The molecule has 2 N–H and O–H groups in total. The number of halogens is 3. The smallest absolute Gasteiger partial charge is 0.247 e. The monoisotopic (exact) mass is 257 g/mol. The maximum atomic E-state index is 13.3. The molecule has 0 aliphatic carbocycles. The molecule has 17 heavy (non-hydrogen) atoms. The van der Waals surface area contributed by atoms with Gasteiger partial charge < -0.3 is 10.5 Å². The van der Waals surface area contributed by atoms with Gasteiger partial charge in [0.25, 0.3) is 0 Å². The highest BCUT2D eigenvalue weighted by molar-refractivity contribution is 6.28. The molecule has 0 saturated heterocycles. The van der Waals surface area contributed by atoms with E-state index in [9.17, 15) is 8.78 Å². The summed E-state index contributed by atoms with van der Waals surface area (Å²) in [4.78, 5) is 7.29. The van der Waals surface area contributed by atoms with Gasteiger partial charge in [0.15, 0.2) is 11.6 Å². The van der Waals surface area contributed by atoms with E-state index in [4.69, 9.17) is 22.1 Å². The minimum atomic E-state index is -0.862. The molecule has 7 heteroatoms. The van der Waals surface area contributed by atoms with Crippen molar-refractivity contribution in [2.45, 2.75) is 0 Å². The van der Waals surface area contributed by atoms with E-state index >= 15 is 0 Å². The average Bonchev–Trinajstić information content (AvgIpc) is 2.27. The zero-order chi connectivity index (χ0) is 12.4. The first-order valence-corrected chi connectivity index (χ1v) is 4.85. The second kappa shape index (κ2) is 4.50. The SMILES string of the molecule is Nc1cnc(Cl)nc1Oc1ccc(F)cc1F. The third-order valence-corrected chi connectivity index (χ3v) is 2.03. The van der Waals surface area contributed by atoms with Crippen molar-refractivity contribution in [3.63, 3.8) is 0 Å². The first-order chi connectivity index (χ1) is 8.06. The van der Waals surface area contributed by atoms with Crippen LogP contribution in [0.1, 0.15) is 0 Å². The molecule has 1 heterocycles. The fourth-order valence-corrected chi connectivity index (χ4v) is 1.22. The molecule has 0 unspecified atom stereocenters. The molecule has 0 fully saturated rings. The minimum Gasteiger partial charge on any atom is -0.434 e. The van der Waals surface area contributed by atoms with E-state index in [1.54, 1.807) is 0 Å². The molecule has 0 radical (unpaired) electrons. The topological polar surface area (TPSA) is 61.0 Å². The van der Waals surface area contributed by atoms with Gasteiger partial charge in [0.05, 0.1) is 6.20 Å². The Morgan fingerprint density at radius 1 is 1.29 bits per heavy atom. The van der Waals surface area contributed by atoms with Crippen molar-refractivity contribution in [2.75, 3.05) is 5.73 Å². The Morgan fingerprint density at radius 3 is 2.76 bits per heavy atom. The van der Waals surface area contributed by atoms with Crippen LogP contribution in [0.4, 0.5) is 14.5 Å². The van der Waals surface area contributed by atoms with Crippen LogP contribution in [-0.4, -0.2) is 9.97 Å². The summed E-state index contributed by atoms with van der Waals surface area (Å²) in [6.45, 7) is 0. The zero-order valence-corrected chi connectivity index (χ0v) is 9.08. The lowest BCUT2D eigenvalue weighted by Crippen LogP contribution is -1.98. The number of hydrogen-bond donors (Lipinski definition) is 1. The minimum absolute atomic E-state index is 0.0864. The maximum absolute atomic E-state index is 13.3. The Hall–Kier alpha value is -1.95. The van der Waals surface area contributed by atoms with Crippen LogP contribution in [0.3, 0.4) is 0 Å². The van der Waals surface area contributed by atoms with E-state index in [0.29, 0.717) is 6.07 Å². The van der Waals surface area contributed by atoms with Crippen LogP contribution in [0.5, 0.6) is 11.6 Å². The van der Waals surface area contributed by atoms with Crippen LogP contribution in [0.15, 0.2) is 24.4 Å². The molecule has 88 valence electrons. The van der Waals surface area contributed by atoms with Crippen LogP contribution in [0.25, 0.3) is 0 Å². The lowest BCUT2D eigenvalue weighted by atomic mass is 10.3. The standard InChI is InChI=1S/C10H6ClF2N3O/c11-10-15-4-7(14)9(16-10)17-8-2-1-5(12)3-6(8)13/h1-4H,14H2. The summed E-state index contributed by atoms with van der Waals surface area (Å²) in [6.07, 6.45) is 1.23. The molecule has 2 rings (SSSR count). The molecule has 0 amide bonds. The Labute approximate surface area is 100 Å². The van der Waals surface area contributed by atoms with Gasteiger partial charge in [-0.05, 0) is 23.7 Å². The Balaban J connectivity index is 2.34. The van der Waals surface area contributed by atoms with Crippen molar-refractivity contribution < 1.29 is 13.5 Å². The number of benzene rings is 1. The van der Waals surface area contributed by atoms with Gasteiger partial charge in [-0.25, -0.2) is 13.8 Å². The molecule has 1 aromatic carbocycles. The van der Waals surface area contributed by atoms with E-state index < -0.39 is 11.6 Å². The van der Waals surface area contributed by atoms with E-state index in [1.807, 2.05) is 0 Å². The number of nitrogen functional groups attached to an aromatic ring is 1. The van der Waals surface area contributed by atoms with Crippen LogP contribution < -0.4 is 10.5 Å². The number of nitrogens with two attached hydrogens (primary N) is 1. The highest BCUT2D eigenvalue weighted by Crippen LogP contribution is 2.27. The first-order valence-electron chi connectivity index (χ1n) is 4.47. The lowest BCUT2D eigenvalue weighted by Gasteiger charge is -2.07. The molecule has 0 aliphatic heterocycles. The van der Waals surface area contributed by atoms with Crippen molar-refractivity contribution in [3.8, 4) is 11.6 Å². The number of nitrogens with zero attached hydrogens (tertiary/aromatic N) is 2. The van der Waals surface area contributed by atoms with Crippen molar-refractivity contribution in [2.24, 2.45) is 0 Å². The van der Waals surface area contributed by atoms with Crippen molar-refractivity contribution in [3.05, 3.63) is 41.3 Å². The summed E-state index contributed by atoms with van der Waals surface area (Å²) < 4.78 is 31.0.